The van der Waals surface area contributed by atoms with Gasteiger partial charge in [-0.15, -0.1) is 0 Å². The van der Waals surface area contributed by atoms with Crippen molar-refractivity contribution in [1.82, 2.24) is 4.57 Å². The van der Waals surface area contributed by atoms with E-state index in [1.165, 1.54) is 6.92 Å². The molecule has 8 heteroatoms. The molecule has 0 saturated carbocycles. The van der Waals surface area contributed by atoms with Gasteiger partial charge in [-0.25, -0.2) is 13.2 Å². The third-order valence-corrected chi connectivity index (χ3v) is 4.91. The summed E-state index contributed by atoms with van der Waals surface area (Å²) >= 11 is 0. The zero-order valence-electron chi connectivity index (χ0n) is 15.7. The molecule has 152 valence electrons. The first-order chi connectivity index (χ1) is 13.7. The van der Waals surface area contributed by atoms with Gasteiger partial charge in [-0.3, -0.25) is 14.2 Å². The van der Waals surface area contributed by atoms with Crippen LogP contribution in [0.25, 0.3) is 10.9 Å². The highest BCUT2D eigenvalue weighted by Gasteiger charge is 2.30. The normalized spacial score (nSPS) is 12.3. The Bertz CT molecular complexity index is 1140. The van der Waals surface area contributed by atoms with Crippen molar-refractivity contribution in [1.29, 1.82) is 0 Å². The Kier molecular flexibility index (Phi) is 5.37. The molecular formula is C21H18F3NO4. The van der Waals surface area contributed by atoms with Crippen molar-refractivity contribution >= 4 is 22.8 Å². The van der Waals surface area contributed by atoms with Crippen molar-refractivity contribution in [2.75, 3.05) is 0 Å². The molecule has 0 radical (unpaired) electrons. The van der Waals surface area contributed by atoms with E-state index in [9.17, 15) is 33.0 Å². The van der Waals surface area contributed by atoms with Gasteiger partial charge in [0.15, 0.2) is 23.2 Å². The lowest BCUT2D eigenvalue weighted by Gasteiger charge is -2.13. The number of nitrogens with zero attached hydrogens (tertiary/aromatic N) is 1. The van der Waals surface area contributed by atoms with E-state index >= 15 is 0 Å². The minimum absolute atomic E-state index is 0.0323. The van der Waals surface area contributed by atoms with Crippen LogP contribution in [-0.2, 0) is 4.79 Å². The second kappa shape index (κ2) is 7.62. The van der Waals surface area contributed by atoms with E-state index in [1.54, 1.807) is 6.92 Å². The molecule has 1 atom stereocenters. The first-order valence-electron chi connectivity index (χ1n) is 8.93. The van der Waals surface area contributed by atoms with Crippen LogP contribution in [0.1, 0.15) is 47.3 Å². The molecule has 0 fully saturated rings. The third kappa shape index (κ3) is 3.46. The van der Waals surface area contributed by atoms with E-state index in [0.717, 1.165) is 34.9 Å². The molecule has 1 heterocycles. The molecule has 3 aromatic rings. The second-order valence-corrected chi connectivity index (χ2v) is 6.77. The van der Waals surface area contributed by atoms with Crippen molar-refractivity contribution in [3.63, 3.8) is 0 Å². The Labute approximate surface area is 164 Å². The van der Waals surface area contributed by atoms with Crippen LogP contribution in [0.5, 0.6) is 5.75 Å². The maximum absolute atomic E-state index is 14.1. The topological polar surface area (TPSA) is 79.5 Å². The van der Waals surface area contributed by atoms with Crippen molar-refractivity contribution in [2.45, 2.75) is 32.6 Å². The van der Waals surface area contributed by atoms with Crippen molar-refractivity contribution in [3.05, 3.63) is 64.6 Å². The average Bonchev–Trinajstić information content (AvgIpc) is 2.92. The summed E-state index contributed by atoms with van der Waals surface area (Å²) in [6, 6.07) is 4.61. The van der Waals surface area contributed by atoms with E-state index in [0.29, 0.717) is 6.42 Å². The predicted molar refractivity (Wildman–Crippen MR) is 99.7 cm³/mol. The highest BCUT2D eigenvalue weighted by molar-refractivity contribution is 6.05. The quantitative estimate of drug-likeness (QED) is 0.643. The van der Waals surface area contributed by atoms with Gasteiger partial charge in [0.2, 0.25) is 0 Å². The highest BCUT2D eigenvalue weighted by atomic mass is 19.2. The summed E-state index contributed by atoms with van der Waals surface area (Å²) in [6.07, 6.45) is 0.792. The largest absolute Gasteiger partial charge is 0.505 e. The number of fused-ring (bicyclic) bond motifs is 1. The van der Waals surface area contributed by atoms with Gasteiger partial charge in [0, 0.05) is 22.7 Å². The number of benzene rings is 2. The van der Waals surface area contributed by atoms with E-state index < -0.39 is 41.0 Å². The monoisotopic (exact) mass is 405 g/mol. The maximum Gasteiger partial charge on any atom is 0.311 e. The molecule has 0 unspecified atom stereocenters. The molecule has 29 heavy (non-hydrogen) atoms. The van der Waals surface area contributed by atoms with Gasteiger partial charge < -0.3 is 10.2 Å². The van der Waals surface area contributed by atoms with Gasteiger partial charge >= 0.3 is 5.97 Å². The SMILES string of the molecule is CCC[C@H](C(=O)O)c1c(C)n(C(=O)c2ccc(F)c(F)c2)c2cc(F)c(O)cc12. The van der Waals surface area contributed by atoms with Crippen LogP contribution >= 0.6 is 0 Å². The fourth-order valence-corrected chi connectivity index (χ4v) is 3.59. The first-order valence-corrected chi connectivity index (χ1v) is 8.93. The van der Waals surface area contributed by atoms with Crippen LogP contribution < -0.4 is 0 Å². The van der Waals surface area contributed by atoms with Crippen molar-refractivity contribution in [3.8, 4) is 5.75 Å². The minimum Gasteiger partial charge on any atom is -0.505 e. The van der Waals surface area contributed by atoms with Crippen LogP contribution in [0.4, 0.5) is 13.2 Å². The number of halogens is 3. The van der Waals surface area contributed by atoms with E-state index in [1.807, 2.05) is 0 Å². The third-order valence-electron chi connectivity index (χ3n) is 4.91. The van der Waals surface area contributed by atoms with E-state index in [2.05, 4.69) is 0 Å². The number of aliphatic carboxylic acids is 1. The van der Waals surface area contributed by atoms with Gasteiger partial charge in [0.25, 0.3) is 5.91 Å². The molecule has 0 aliphatic heterocycles. The lowest BCUT2D eigenvalue weighted by atomic mass is 9.92. The fourth-order valence-electron chi connectivity index (χ4n) is 3.59. The van der Waals surface area contributed by atoms with Crippen LogP contribution in [0.2, 0.25) is 0 Å². The van der Waals surface area contributed by atoms with Crippen LogP contribution in [-0.4, -0.2) is 26.7 Å². The number of carboxylic acids is 1. The number of carbonyl (C=O) groups is 2. The Morgan fingerprint density at radius 1 is 1.07 bits per heavy atom. The Hall–Kier alpha value is -3.29. The van der Waals surface area contributed by atoms with E-state index in [4.69, 9.17) is 0 Å². The number of hydrogen-bond acceptors (Lipinski definition) is 3. The number of carbonyl (C=O) groups excluding carboxylic acids is 1. The number of aromatic hydroxyl groups is 1. The number of phenolic OH excluding ortho intramolecular Hbond substituents is 1. The Morgan fingerprint density at radius 2 is 1.76 bits per heavy atom. The summed E-state index contributed by atoms with van der Waals surface area (Å²) < 4.78 is 42.0. The van der Waals surface area contributed by atoms with Gasteiger partial charge in [0.05, 0.1) is 11.4 Å². The molecule has 0 saturated heterocycles. The van der Waals surface area contributed by atoms with Gasteiger partial charge in [-0.1, -0.05) is 13.3 Å². The molecule has 3 rings (SSSR count). The summed E-state index contributed by atoms with van der Waals surface area (Å²) in [4.78, 5) is 24.9. The molecule has 2 aromatic carbocycles. The summed E-state index contributed by atoms with van der Waals surface area (Å²) in [7, 11) is 0. The molecule has 0 bridgehead atoms. The molecular weight excluding hydrogens is 387 g/mol. The van der Waals surface area contributed by atoms with Gasteiger partial charge in [-0.05, 0) is 43.2 Å². The minimum atomic E-state index is -1.22. The molecule has 0 aliphatic rings. The highest BCUT2D eigenvalue weighted by Crippen LogP contribution is 2.37. The zero-order chi connectivity index (χ0) is 21.5. The number of aromatic nitrogens is 1. The average molecular weight is 405 g/mol. The molecule has 0 amide bonds. The number of rotatable bonds is 5. The first kappa shape index (κ1) is 20.4. The number of phenols is 1. The summed E-state index contributed by atoms with van der Waals surface area (Å²) in [5, 5.41) is 19.7. The van der Waals surface area contributed by atoms with Crippen LogP contribution in [0.15, 0.2) is 30.3 Å². The second-order valence-electron chi connectivity index (χ2n) is 6.77. The summed E-state index contributed by atoms with van der Waals surface area (Å²) in [5.74, 6) is -6.92. The standard InChI is InChI=1S/C21H18F3NO4/c1-3-4-12(21(28)29)19-10(2)25(17-9-16(24)18(26)8-13(17)19)20(27)11-5-6-14(22)15(23)7-11/h5-9,12,26H,3-4H2,1-2H3,(H,28,29)/t12-/m0/s1. The molecule has 1 aromatic heterocycles. The van der Waals surface area contributed by atoms with Crippen LogP contribution in [0.3, 0.4) is 0 Å². The summed E-state index contributed by atoms with van der Waals surface area (Å²) in [5.41, 5.74) is 0.331. The number of hydrogen-bond donors (Lipinski definition) is 2. The van der Waals surface area contributed by atoms with E-state index in [-0.39, 0.29) is 34.1 Å². The molecule has 0 spiro atoms. The predicted octanol–water partition coefficient (Wildman–Crippen LogP) is 4.73. The molecule has 0 aliphatic carbocycles. The smallest absolute Gasteiger partial charge is 0.311 e. The van der Waals surface area contributed by atoms with Crippen molar-refractivity contribution in [2.24, 2.45) is 0 Å². The fraction of sp³-hybridized carbons (Fsp3) is 0.238. The molecule has 2 N–H and O–H groups in total. The van der Waals surface area contributed by atoms with Gasteiger partial charge in [-0.2, -0.15) is 0 Å². The summed E-state index contributed by atoms with van der Waals surface area (Å²) in [6.45, 7) is 3.29. The zero-order valence-corrected chi connectivity index (χ0v) is 15.7. The maximum atomic E-state index is 14.1. The Balaban J connectivity index is 2.33. The lowest BCUT2D eigenvalue weighted by Crippen LogP contribution is -2.16. The van der Waals surface area contributed by atoms with Crippen LogP contribution in [0, 0.1) is 24.4 Å². The van der Waals surface area contributed by atoms with Crippen molar-refractivity contribution < 1.29 is 33.0 Å². The van der Waals surface area contributed by atoms with Gasteiger partial charge in [0.1, 0.15) is 0 Å². The number of carboxylic acid groups (broad SMARTS) is 1. The molecule has 5 nitrogen and oxygen atoms in total. The Morgan fingerprint density at radius 3 is 2.34 bits per heavy atom. The lowest BCUT2D eigenvalue weighted by molar-refractivity contribution is -0.139.